The van der Waals surface area contributed by atoms with E-state index in [-0.39, 0.29) is 12.4 Å². The van der Waals surface area contributed by atoms with Crippen molar-refractivity contribution in [3.8, 4) is 11.5 Å². The van der Waals surface area contributed by atoms with Gasteiger partial charge in [0.05, 0.1) is 6.61 Å². The molecule has 3 aromatic carbocycles. The van der Waals surface area contributed by atoms with E-state index < -0.39 is 0 Å². The van der Waals surface area contributed by atoms with Crippen molar-refractivity contribution in [2.45, 2.75) is 26.5 Å². The molecule has 0 fully saturated rings. The molecule has 3 nitrogen and oxygen atoms in total. The second-order valence-corrected chi connectivity index (χ2v) is 7.56. The maximum absolute atomic E-state index is 14.0. The van der Waals surface area contributed by atoms with Crippen molar-refractivity contribution in [3.05, 3.63) is 93.2 Å². The number of benzene rings is 3. The molecule has 0 aliphatic rings. The van der Waals surface area contributed by atoms with Crippen molar-refractivity contribution < 1.29 is 13.9 Å². The molecule has 3 aromatic rings. The highest BCUT2D eigenvalue weighted by atomic mass is 35.5. The minimum absolute atomic E-state index is 0.129. The summed E-state index contributed by atoms with van der Waals surface area (Å²) >= 11 is 12.2. The largest absolute Gasteiger partial charge is 0.490 e. The summed E-state index contributed by atoms with van der Waals surface area (Å²) in [5, 5.41) is 4.70. The van der Waals surface area contributed by atoms with Gasteiger partial charge in [-0.2, -0.15) is 0 Å². The van der Waals surface area contributed by atoms with Gasteiger partial charge < -0.3 is 14.8 Å². The molecular formula is C24H24Cl2FNO2. The Morgan fingerprint density at radius 1 is 0.900 bits per heavy atom. The molecule has 0 atom stereocenters. The first-order chi connectivity index (χ1) is 14.6. The summed E-state index contributed by atoms with van der Waals surface area (Å²) in [5.41, 5.74) is 2.48. The van der Waals surface area contributed by atoms with Gasteiger partial charge in [-0.1, -0.05) is 59.6 Å². The lowest BCUT2D eigenvalue weighted by Gasteiger charge is -2.17. The zero-order valence-electron chi connectivity index (χ0n) is 16.8. The van der Waals surface area contributed by atoms with Gasteiger partial charge in [-0.05, 0) is 49.7 Å². The van der Waals surface area contributed by atoms with Crippen molar-refractivity contribution in [2.24, 2.45) is 0 Å². The lowest BCUT2D eigenvalue weighted by atomic mass is 10.1. The highest BCUT2D eigenvalue weighted by Crippen LogP contribution is 2.32. The molecule has 30 heavy (non-hydrogen) atoms. The summed E-state index contributed by atoms with van der Waals surface area (Å²) < 4.78 is 25.7. The van der Waals surface area contributed by atoms with Crippen molar-refractivity contribution in [2.75, 3.05) is 13.2 Å². The van der Waals surface area contributed by atoms with E-state index >= 15 is 0 Å². The lowest BCUT2D eigenvalue weighted by Crippen LogP contribution is -2.17. The number of halogens is 3. The predicted octanol–water partition coefficient (Wildman–Crippen LogP) is 6.44. The molecular weight excluding hydrogens is 424 g/mol. The molecule has 0 saturated heterocycles. The summed E-state index contributed by atoms with van der Waals surface area (Å²) in [4.78, 5) is 0. The Morgan fingerprint density at radius 3 is 2.47 bits per heavy atom. The van der Waals surface area contributed by atoms with Crippen LogP contribution in [0, 0.1) is 5.82 Å². The van der Waals surface area contributed by atoms with Crippen LogP contribution in [-0.4, -0.2) is 13.2 Å². The average Bonchev–Trinajstić information content (AvgIpc) is 2.73. The smallest absolute Gasteiger partial charge is 0.166 e. The van der Waals surface area contributed by atoms with Gasteiger partial charge in [-0.15, -0.1) is 0 Å². The first-order valence-corrected chi connectivity index (χ1v) is 10.6. The first-order valence-electron chi connectivity index (χ1n) is 9.84. The van der Waals surface area contributed by atoms with E-state index in [1.165, 1.54) is 6.07 Å². The van der Waals surface area contributed by atoms with Gasteiger partial charge in [0, 0.05) is 27.7 Å². The Hall–Kier alpha value is -2.27. The van der Waals surface area contributed by atoms with Gasteiger partial charge in [-0.3, -0.25) is 0 Å². The third-order valence-electron chi connectivity index (χ3n) is 4.59. The molecule has 0 bridgehead atoms. The third kappa shape index (κ3) is 6.11. The van der Waals surface area contributed by atoms with Crippen molar-refractivity contribution >= 4 is 23.2 Å². The Bertz CT molecular complexity index is 981. The maximum atomic E-state index is 14.0. The fourth-order valence-corrected chi connectivity index (χ4v) is 3.57. The monoisotopic (exact) mass is 447 g/mol. The Labute approximate surface area is 186 Å². The number of para-hydroxylation sites is 1. The summed E-state index contributed by atoms with van der Waals surface area (Å²) in [6.07, 6.45) is 0.770. The fourth-order valence-electron chi connectivity index (χ4n) is 3.07. The minimum Gasteiger partial charge on any atom is -0.490 e. The molecule has 6 heteroatoms. The first kappa shape index (κ1) is 22.4. The highest BCUT2D eigenvalue weighted by Gasteiger charge is 2.12. The number of hydrogen-bond donors (Lipinski definition) is 1. The zero-order valence-corrected chi connectivity index (χ0v) is 18.3. The van der Waals surface area contributed by atoms with Gasteiger partial charge in [-0.25, -0.2) is 4.39 Å². The number of ether oxygens (including phenoxy) is 2. The second-order valence-electron chi connectivity index (χ2n) is 6.72. The van der Waals surface area contributed by atoms with E-state index in [0.29, 0.717) is 40.3 Å². The minimum atomic E-state index is -0.286. The van der Waals surface area contributed by atoms with E-state index in [2.05, 4.69) is 5.32 Å². The Balaban J connectivity index is 1.66. The van der Waals surface area contributed by atoms with E-state index in [4.69, 9.17) is 32.7 Å². The van der Waals surface area contributed by atoms with Gasteiger partial charge in [0.25, 0.3) is 0 Å². The van der Waals surface area contributed by atoms with Crippen LogP contribution in [0.3, 0.4) is 0 Å². The molecule has 0 amide bonds. The molecule has 0 aliphatic carbocycles. The van der Waals surface area contributed by atoms with E-state index in [1.807, 2.05) is 37.3 Å². The van der Waals surface area contributed by atoms with Crippen LogP contribution in [0.4, 0.5) is 4.39 Å². The van der Waals surface area contributed by atoms with Crippen molar-refractivity contribution in [3.63, 3.8) is 0 Å². The SMILES string of the molecule is CCOc1cccc(CNCCc2ccc(Cl)cc2Cl)c1OCc1ccccc1F. The van der Waals surface area contributed by atoms with E-state index in [1.54, 1.807) is 24.3 Å². The summed E-state index contributed by atoms with van der Waals surface area (Å²) in [7, 11) is 0. The van der Waals surface area contributed by atoms with Crippen LogP contribution < -0.4 is 14.8 Å². The second kappa shape index (κ2) is 11.2. The molecule has 158 valence electrons. The van der Waals surface area contributed by atoms with Gasteiger partial charge in [0.1, 0.15) is 12.4 Å². The quantitative estimate of drug-likeness (QED) is 0.362. The highest BCUT2D eigenvalue weighted by molar-refractivity contribution is 6.35. The van der Waals surface area contributed by atoms with Crippen LogP contribution in [-0.2, 0) is 19.6 Å². The summed E-state index contributed by atoms with van der Waals surface area (Å²) in [6.45, 7) is 3.87. The average molecular weight is 448 g/mol. The van der Waals surface area contributed by atoms with Gasteiger partial charge in [0.2, 0.25) is 0 Å². The van der Waals surface area contributed by atoms with E-state index in [9.17, 15) is 4.39 Å². The van der Waals surface area contributed by atoms with E-state index in [0.717, 1.165) is 24.1 Å². The number of nitrogens with one attached hydrogen (secondary N) is 1. The molecule has 3 rings (SSSR count). The maximum Gasteiger partial charge on any atom is 0.166 e. The molecule has 0 spiro atoms. The Morgan fingerprint density at radius 2 is 1.70 bits per heavy atom. The van der Waals surface area contributed by atoms with Gasteiger partial charge >= 0.3 is 0 Å². The molecule has 0 unspecified atom stereocenters. The molecule has 0 radical (unpaired) electrons. The predicted molar refractivity (Wildman–Crippen MR) is 120 cm³/mol. The molecule has 1 N–H and O–H groups in total. The van der Waals surface area contributed by atoms with Crippen molar-refractivity contribution in [1.29, 1.82) is 0 Å². The molecule has 0 heterocycles. The lowest BCUT2D eigenvalue weighted by molar-refractivity contribution is 0.262. The zero-order chi connectivity index (χ0) is 21.3. The topological polar surface area (TPSA) is 30.5 Å². The molecule has 0 saturated carbocycles. The van der Waals surface area contributed by atoms with Crippen LogP contribution in [0.5, 0.6) is 11.5 Å². The van der Waals surface area contributed by atoms with Crippen molar-refractivity contribution in [1.82, 2.24) is 5.32 Å². The standard InChI is InChI=1S/C24H24Cl2FNO2/c1-2-29-23-9-5-7-18(24(23)30-16-19-6-3-4-8-22(19)27)15-28-13-12-17-10-11-20(25)14-21(17)26/h3-11,14,28H,2,12-13,15-16H2,1H3. The third-order valence-corrected chi connectivity index (χ3v) is 5.18. The van der Waals surface area contributed by atoms with Crippen LogP contribution in [0.15, 0.2) is 60.7 Å². The number of rotatable bonds is 10. The molecule has 0 aromatic heterocycles. The van der Waals surface area contributed by atoms with Crippen LogP contribution >= 0.6 is 23.2 Å². The fraction of sp³-hybridized carbons (Fsp3) is 0.250. The molecule has 0 aliphatic heterocycles. The summed E-state index contributed by atoms with van der Waals surface area (Å²) in [6, 6.07) is 17.9. The van der Waals surface area contributed by atoms with Crippen LogP contribution in [0.25, 0.3) is 0 Å². The summed E-state index contributed by atoms with van der Waals surface area (Å²) in [5.74, 6) is 0.986. The van der Waals surface area contributed by atoms with Gasteiger partial charge in [0.15, 0.2) is 11.5 Å². The number of hydrogen-bond acceptors (Lipinski definition) is 3. The normalized spacial score (nSPS) is 10.8. The van der Waals surface area contributed by atoms with Crippen LogP contribution in [0.1, 0.15) is 23.6 Å². The van der Waals surface area contributed by atoms with Crippen LogP contribution in [0.2, 0.25) is 10.0 Å². The Kier molecular flexibility index (Phi) is 8.38.